The van der Waals surface area contributed by atoms with Gasteiger partial charge < -0.3 is 10.4 Å². The molecule has 15 heavy (non-hydrogen) atoms. The van der Waals surface area contributed by atoms with E-state index in [1.165, 1.54) is 19.4 Å². The molecule has 3 heteroatoms. The second kappa shape index (κ2) is 4.40. The van der Waals surface area contributed by atoms with E-state index in [1.807, 2.05) is 0 Å². The van der Waals surface area contributed by atoms with Crippen LogP contribution in [0.3, 0.4) is 0 Å². The van der Waals surface area contributed by atoms with E-state index in [4.69, 9.17) is 0 Å². The Labute approximate surface area is 92.8 Å². The smallest absolute Gasteiger partial charge is 0.0771 e. The number of rotatable bonds is 4. The van der Waals surface area contributed by atoms with E-state index in [-0.39, 0.29) is 5.60 Å². The molecule has 0 radical (unpaired) electrons. The molecule has 2 rings (SSSR count). The lowest BCUT2D eigenvalue weighted by molar-refractivity contribution is -0.0330. The van der Waals surface area contributed by atoms with Gasteiger partial charge in [0.2, 0.25) is 0 Å². The number of nitrogens with one attached hydrogen (secondary N) is 1. The van der Waals surface area contributed by atoms with Crippen molar-refractivity contribution in [2.24, 2.45) is 0 Å². The fourth-order valence-corrected chi connectivity index (χ4v) is 2.52. The Bertz CT molecular complexity index is 214. The van der Waals surface area contributed by atoms with Crippen LogP contribution in [-0.4, -0.2) is 47.3 Å². The molecular weight excluding hydrogens is 188 g/mol. The van der Waals surface area contributed by atoms with Crippen LogP contribution in [0.15, 0.2) is 0 Å². The summed E-state index contributed by atoms with van der Waals surface area (Å²) < 4.78 is 0. The summed E-state index contributed by atoms with van der Waals surface area (Å²) in [5.74, 6) is 0. The predicted octanol–water partition coefficient (Wildman–Crippen LogP) is 0.974. The third kappa shape index (κ3) is 2.71. The molecule has 0 bridgehead atoms. The van der Waals surface area contributed by atoms with E-state index in [1.54, 1.807) is 0 Å². The zero-order valence-electron chi connectivity index (χ0n) is 10.00. The Morgan fingerprint density at radius 2 is 2.20 bits per heavy atom. The molecule has 2 N–H and O–H groups in total. The van der Waals surface area contributed by atoms with E-state index < -0.39 is 0 Å². The Morgan fingerprint density at radius 3 is 2.67 bits per heavy atom. The fourth-order valence-electron chi connectivity index (χ4n) is 2.52. The van der Waals surface area contributed by atoms with E-state index in [9.17, 15) is 5.11 Å². The summed E-state index contributed by atoms with van der Waals surface area (Å²) in [7, 11) is 0. The van der Waals surface area contributed by atoms with Crippen molar-refractivity contribution in [3.63, 3.8) is 0 Å². The van der Waals surface area contributed by atoms with Gasteiger partial charge in [0.05, 0.1) is 5.60 Å². The van der Waals surface area contributed by atoms with Crippen LogP contribution in [0.1, 0.15) is 39.5 Å². The lowest BCUT2D eigenvalue weighted by Crippen LogP contribution is -2.49. The largest absolute Gasteiger partial charge is 0.389 e. The topological polar surface area (TPSA) is 35.5 Å². The van der Waals surface area contributed by atoms with Gasteiger partial charge >= 0.3 is 0 Å². The number of aliphatic hydroxyl groups is 1. The van der Waals surface area contributed by atoms with Gasteiger partial charge in [-0.05, 0) is 46.1 Å². The molecule has 0 aromatic heterocycles. The SMILES string of the molecule is CC(C)N1CCC(NCC2(O)CCC2)C1. The van der Waals surface area contributed by atoms with E-state index in [0.29, 0.717) is 12.1 Å². The van der Waals surface area contributed by atoms with E-state index in [0.717, 1.165) is 25.9 Å². The first kappa shape index (κ1) is 11.4. The lowest BCUT2D eigenvalue weighted by Gasteiger charge is -2.37. The van der Waals surface area contributed by atoms with Crippen molar-refractivity contribution in [2.75, 3.05) is 19.6 Å². The summed E-state index contributed by atoms with van der Waals surface area (Å²) in [6, 6.07) is 1.25. The number of hydrogen-bond acceptors (Lipinski definition) is 3. The number of likely N-dealkylation sites (tertiary alicyclic amines) is 1. The quantitative estimate of drug-likeness (QED) is 0.729. The molecule has 0 spiro atoms. The van der Waals surface area contributed by atoms with Crippen LogP contribution in [0.25, 0.3) is 0 Å². The fraction of sp³-hybridized carbons (Fsp3) is 1.00. The summed E-state index contributed by atoms with van der Waals surface area (Å²) in [5, 5.41) is 13.5. The lowest BCUT2D eigenvalue weighted by atomic mass is 9.80. The van der Waals surface area contributed by atoms with E-state index in [2.05, 4.69) is 24.1 Å². The molecule has 0 aromatic carbocycles. The van der Waals surface area contributed by atoms with Crippen LogP contribution >= 0.6 is 0 Å². The Kier molecular flexibility index (Phi) is 3.33. The highest BCUT2D eigenvalue weighted by atomic mass is 16.3. The van der Waals surface area contributed by atoms with Crippen LogP contribution in [0.4, 0.5) is 0 Å². The van der Waals surface area contributed by atoms with Crippen molar-refractivity contribution in [3.05, 3.63) is 0 Å². The summed E-state index contributed by atoms with van der Waals surface area (Å²) >= 11 is 0. The highest BCUT2D eigenvalue weighted by Gasteiger charge is 2.35. The van der Waals surface area contributed by atoms with Crippen molar-refractivity contribution >= 4 is 0 Å². The van der Waals surface area contributed by atoms with Crippen LogP contribution in [0.5, 0.6) is 0 Å². The summed E-state index contributed by atoms with van der Waals surface area (Å²) in [6.45, 7) is 7.65. The molecule has 0 amide bonds. The van der Waals surface area contributed by atoms with Crippen LogP contribution in [0, 0.1) is 0 Å². The zero-order chi connectivity index (χ0) is 10.9. The standard InChI is InChI=1S/C12H24N2O/c1-10(2)14-7-4-11(8-14)13-9-12(15)5-3-6-12/h10-11,13,15H,3-9H2,1-2H3. The van der Waals surface area contributed by atoms with Gasteiger partial charge in [-0.25, -0.2) is 0 Å². The van der Waals surface area contributed by atoms with Gasteiger partial charge in [0.25, 0.3) is 0 Å². The Morgan fingerprint density at radius 1 is 1.47 bits per heavy atom. The van der Waals surface area contributed by atoms with Crippen LogP contribution in [-0.2, 0) is 0 Å². The van der Waals surface area contributed by atoms with Gasteiger partial charge in [-0.15, -0.1) is 0 Å². The monoisotopic (exact) mass is 212 g/mol. The van der Waals surface area contributed by atoms with Gasteiger partial charge in [-0.3, -0.25) is 4.90 Å². The highest BCUT2D eigenvalue weighted by Crippen LogP contribution is 2.30. The third-order valence-electron chi connectivity index (χ3n) is 3.95. The summed E-state index contributed by atoms with van der Waals surface area (Å²) in [6.07, 6.45) is 4.40. The van der Waals surface area contributed by atoms with Crippen molar-refractivity contribution in [2.45, 2.75) is 57.2 Å². The molecule has 1 unspecified atom stereocenters. The number of hydrogen-bond donors (Lipinski definition) is 2. The van der Waals surface area contributed by atoms with Crippen molar-refractivity contribution in [1.29, 1.82) is 0 Å². The molecule has 2 fully saturated rings. The number of nitrogens with zero attached hydrogens (tertiary/aromatic N) is 1. The van der Waals surface area contributed by atoms with Gasteiger partial charge in [0.15, 0.2) is 0 Å². The first-order valence-electron chi connectivity index (χ1n) is 6.29. The normalized spacial score (nSPS) is 30.8. The maximum absolute atomic E-state index is 9.97. The first-order chi connectivity index (χ1) is 7.09. The minimum atomic E-state index is -0.370. The maximum Gasteiger partial charge on any atom is 0.0771 e. The molecule has 2 aliphatic rings. The Balaban J connectivity index is 1.68. The molecule has 0 aromatic rings. The second-order valence-electron chi connectivity index (χ2n) is 5.53. The highest BCUT2D eigenvalue weighted by molar-refractivity contribution is 4.92. The molecule has 1 aliphatic carbocycles. The molecule has 88 valence electrons. The Hall–Kier alpha value is -0.120. The molecule has 1 atom stereocenters. The molecule has 1 saturated carbocycles. The second-order valence-corrected chi connectivity index (χ2v) is 5.53. The summed E-state index contributed by atoms with van der Waals surface area (Å²) in [5.41, 5.74) is -0.370. The predicted molar refractivity (Wildman–Crippen MR) is 61.9 cm³/mol. The van der Waals surface area contributed by atoms with E-state index >= 15 is 0 Å². The van der Waals surface area contributed by atoms with Crippen LogP contribution < -0.4 is 5.32 Å². The van der Waals surface area contributed by atoms with Crippen molar-refractivity contribution in [3.8, 4) is 0 Å². The van der Waals surface area contributed by atoms with Gasteiger partial charge in [-0.2, -0.15) is 0 Å². The van der Waals surface area contributed by atoms with Crippen LogP contribution in [0.2, 0.25) is 0 Å². The average molecular weight is 212 g/mol. The molecule has 1 aliphatic heterocycles. The summed E-state index contributed by atoms with van der Waals surface area (Å²) in [4.78, 5) is 2.50. The maximum atomic E-state index is 9.97. The third-order valence-corrected chi connectivity index (χ3v) is 3.95. The van der Waals surface area contributed by atoms with Gasteiger partial charge in [0, 0.05) is 25.2 Å². The minimum absolute atomic E-state index is 0.370. The van der Waals surface area contributed by atoms with Crippen molar-refractivity contribution < 1.29 is 5.11 Å². The minimum Gasteiger partial charge on any atom is -0.389 e. The first-order valence-corrected chi connectivity index (χ1v) is 6.29. The molecule has 3 nitrogen and oxygen atoms in total. The van der Waals surface area contributed by atoms with Gasteiger partial charge in [-0.1, -0.05) is 0 Å². The van der Waals surface area contributed by atoms with Crippen molar-refractivity contribution in [1.82, 2.24) is 10.2 Å². The molecule has 1 saturated heterocycles. The molecule has 1 heterocycles. The average Bonchev–Trinajstić information content (AvgIpc) is 2.60. The molecular formula is C12H24N2O. The zero-order valence-corrected chi connectivity index (χ0v) is 10.00. The van der Waals surface area contributed by atoms with Gasteiger partial charge in [0.1, 0.15) is 0 Å².